The van der Waals surface area contributed by atoms with Crippen LogP contribution >= 0.6 is 0 Å². The molecular weight excluding hydrogens is 202 g/mol. The molecule has 82 valence electrons. The summed E-state index contributed by atoms with van der Waals surface area (Å²) in [5.41, 5.74) is 2.20. The van der Waals surface area contributed by atoms with Gasteiger partial charge in [-0.15, -0.1) is 0 Å². The molecule has 16 heavy (non-hydrogen) atoms. The zero-order valence-electron chi connectivity index (χ0n) is 9.03. The monoisotopic (exact) mass is 215 g/mol. The number of hydrogen-bond donors (Lipinski definition) is 0. The van der Waals surface area contributed by atoms with Crippen molar-refractivity contribution in [3.05, 3.63) is 29.3 Å². The van der Waals surface area contributed by atoms with Crippen molar-refractivity contribution in [3.8, 4) is 11.8 Å². The molecule has 0 aliphatic carbocycles. The lowest BCUT2D eigenvalue weighted by Crippen LogP contribution is -2.43. The van der Waals surface area contributed by atoms with E-state index in [2.05, 4.69) is 18.2 Å². The lowest BCUT2D eigenvalue weighted by molar-refractivity contribution is -0.0765. The van der Waals surface area contributed by atoms with Gasteiger partial charge in [0.1, 0.15) is 11.2 Å². The number of rotatable bonds is 2. The van der Waals surface area contributed by atoms with E-state index < -0.39 is 0 Å². The molecular formula is C13H13NO2. The van der Waals surface area contributed by atoms with Crippen LogP contribution in [0.15, 0.2) is 18.2 Å². The van der Waals surface area contributed by atoms with Crippen LogP contribution < -0.4 is 4.74 Å². The van der Waals surface area contributed by atoms with Gasteiger partial charge in [0.05, 0.1) is 25.9 Å². The van der Waals surface area contributed by atoms with Crippen molar-refractivity contribution in [2.75, 3.05) is 19.8 Å². The first-order chi connectivity index (χ1) is 7.81. The highest BCUT2D eigenvalue weighted by atomic mass is 16.5. The summed E-state index contributed by atoms with van der Waals surface area (Å²) in [6.45, 7) is 1.92. The summed E-state index contributed by atoms with van der Waals surface area (Å²) < 4.78 is 10.6. The number of nitrogens with zero attached hydrogens (tertiary/aromatic N) is 1. The van der Waals surface area contributed by atoms with Gasteiger partial charge in [-0.1, -0.05) is 12.1 Å². The largest absolute Gasteiger partial charge is 0.493 e. The average Bonchev–Trinajstić information content (AvgIpc) is 2.70. The summed E-state index contributed by atoms with van der Waals surface area (Å²) in [6, 6.07) is 8.61. The van der Waals surface area contributed by atoms with Gasteiger partial charge in [0, 0.05) is 6.42 Å². The standard InChI is InChI=1S/C13H13NO2/c14-7-13(8-15-9-13)6-10-1-2-12-11(5-10)3-4-16-12/h1-2,5H,3-4,6,8-9H2. The molecule has 3 rings (SSSR count). The van der Waals surface area contributed by atoms with Gasteiger partial charge in [-0.2, -0.15) is 5.26 Å². The van der Waals surface area contributed by atoms with Gasteiger partial charge in [-0.05, 0) is 23.6 Å². The molecule has 0 amide bonds. The van der Waals surface area contributed by atoms with Crippen molar-refractivity contribution in [2.24, 2.45) is 5.41 Å². The molecule has 0 unspecified atom stereocenters. The van der Waals surface area contributed by atoms with Crippen LogP contribution in [0, 0.1) is 16.7 Å². The van der Waals surface area contributed by atoms with E-state index >= 15 is 0 Å². The minimum absolute atomic E-state index is 0.284. The van der Waals surface area contributed by atoms with Gasteiger partial charge in [0.2, 0.25) is 0 Å². The van der Waals surface area contributed by atoms with E-state index in [1.165, 1.54) is 11.1 Å². The normalized spacial score (nSPS) is 20.4. The SMILES string of the molecule is N#CC1(Cc2ccc3c(c2)CCO3)COC1. The Kier molecular flexibility index (Phi) is 2.12. The van der Waals surface area contributed by atoms with Gasteiger partial charge < -0.3 is 9.47 Å². The summed E-state index contributed by atoms with van der Waals surface area (Å²) in [4.78, 5) is 0. The molecule has 0 atom stereocenters. The van der Waals surface area contributed by atoms with Crippen molar-refractivity contribution < 1.29 is 9.47 Å². The van der Waals surface area contributed by atoms with Crippen LogP contribution in [-0.4, -0.2) is 19.8 Å². The fourth-order valence-corrected chi connectivity index (χ4v) is 2.30. The second-order valence-electron chi connectivity index (χ2n) is 4.60. The van der Waals surface area contributed by atoms with E-state index in [0.717, 1.165) is 25.2 Å². The van der Waals surface area contributed by atoms with Gasteiger partial charge in [-0.3, -0.25) is 0 Å². The quantitative estimate of drug-likeness (QED) is 0.754. The summed E-state index contributed by atoms with van der Waals surface area (Å²) in [7, 11) is 0. The zero-order chi connectivity index (χ0) is 11.0. The van der Waals surface area contributed by atoms with Gasteiger partial charge >= 0.3 is 0 Å². The Bertz CT molecular complexity index is 457. The summed E-state index contributed by atoms with van der Waals surface area (Å²) in [6.07, 6.45) is 1.77. The molecule has 1 aromatic carbocycles. The number of nitriles is 1. The lowest BCUT2D eigenvalue weighted by Gasteiger charge is -2.35. The smallest absolute Gasteiger partial charge is 0.122 e. The van der Waals surface area contributed by atoms with Crippen LogP contribution in [0.4, 0.5) is 0 Å². The summed E-state index contributed by atoms with van der Waals surface area (Å²) in [5, 5.41) is 9.14. The van der Waals surface area contributed by atoms with Crippen LogP contribution in [0.2, 0.25) is 0 Å². The summed E-state index contributed by atoms with van der Waals surface area (Å²) in [5.74, 6) is 1.000. The first-order valence-corrected chi connectivity index (χ1v) is 5.55. The Morgan fingerprint density at radius 3 is 2.94 bits per heavy atom. The van der Waals surface area contributed by atoms with Crippen LogP contribution in [0.3, 0.4) is 0 Å². The van der Waals surface area contributed by atoms with Crippen molar-refractivity contribution >= 4 is 0 Å². The highest BCUT2D eigenvalue weighted by molar-refractivity contribution is 5.40. The molecule has 1 fully saturated rings. The Balaban J connectivity index is 1.83. The van der Waals surface area contributed by atoms with Crippen molar-refractivity contribution in [2.45, 2.75) is 12.8 Å². The minimum Gasteiger partial charge on any atom is -0.493 e. The molecule has 0 aromatic heterocycles. The Morgan fingerprint density at radius 1 is 1.38 bits per heavy atom. The minimum atomic E-state index is -0.284. The topological polar surface area (TPSA) is 42.2 Å². The van der Waals surface area contributed by atoms with Crippen molar-refractivity contribution in [1.29, 1.82) is 5.26 Å². The molecule has 1 aromatic rings. The van der Waals surface area contributed by atoms with Gasteiger partial charge in [-0.25, -0.2) is 0 Å². The third-order valence-corrected chi connectivity index (χ3v) is 3.29. The van der Waals surface area contributed by atoms with Crippen LogP contribution in [0.1, 0.15) is 11.1 Å². The van der Waals surface area contributed by atoms with Crippen molar-refractivity contribution in [1.82, 2.24) is 0 Å². The lowest BCUT2D eigenvalue weighted by atomic mass is 9.81. The van der Waals surface area contributed by atoms with E-state index in [0.29, 0.717) is 13.2 Å². The van der Waals surface area contributed by atoms with Gasteiger partial charge in [0.15, 0.2) is 0 Å². The molecule has 0 saturated carbocycles. The maximum Gasteiger partial charge on any atom is 0.122 e. The van der Waals surface area contributed by atoms with E-state index in [1.54, 1.807) is 0 Å². The number of benzene rings is 1. The molecule has 2 aliphatic rings. The second kappa shape index (κ2) is 3.50. The first kappa shape index (κ1) is 9.68. The fourth-order valence-electron chi connectivity index (χ4n) is 2.30. The van der Waals surface area contributed by atoms with E-state index in [9.17, 15) is 0 Å². The molecule has 0 N–H and O–H groups in total. The Labute approximate surface area is 94.6 Å². The maximum atomic E-state index is 9.14. The number of ether oxygens (including phenoxy) is 2. The second-order valence-corrected chi connectivity index (χ2v) is 4.60. The summed E-state index contributed by atoms with van der Waals surface area (Å²) >= 11 is 0. The highest BCUT2D eigenvalue weighted by Gasteiger charge is 2.39. The van der Waals surface area contributed by atoms with Crippen LogP contribution in [-0.2, 0) is 17.6 Å². The van der Waals surface area contributed by atoms with Crippen molar-refractivity contribution in [3.63, 3.8) is 0 Å². The molecule has 2 aliphatic heterocycles. The maximum absolute atomic E-state index is 9.14. The van der Waals surface area contributed by atoms with Gasteiger partial charge in [0.25, 0.3) is 0 Å². The fraction of sp³-hybridized carbons (Fsp3) is 0.462. The third kappa shape index (κ3) is 1.46. The molecule has 0 spiro atoms. The van der Waals surface area contributed by atoms with E-state index in [4.69, 9.17) is 14.7 Å². The molecule has 3 nitrogen and oxygen atoms in total. The average molecular weight is 215 g/mol. The number of fused-ring (bicyclic) bond motifs is 1. The first-order valence-electron chi connectivity index (χ1n) is 5.55. The third-order valence-electron chi connectivity index (χ3n) is 3.29. The molecule has 2 heterocycles. The van der Waals surface area contributed by atoms with Crippen LogP contribution in [0.25, 0.3) is 0 Å². The molecule has 3 heteroatoms. The van der Waals surface area contributed by atoms with E-state index in [1.807, 2.05) is 6.07 Å². The highest BCUT2D eigenvalue weighted by Crippen LogP contribution is 2.33. The molecule has 0 bridgehead atoms. The number of hydrogen-bond acceptors (Lipinski definition) is 3. The predicted molar refractivity (Wildman–Crippen MR) is 58.2 cm³/mol. The van der Waals surface area contributed by atoms with Crippen LogP contribution in [0.5, 0.6) is 5.75 Å². The predicted octanol–water partition coefficient (Wildman–Crippen LogP) is 1.70. The Morgan fingerprint density at radius 2 is 2.25 bits per heavy atom. The molecule has 0 radical (unpaired) electrons. The molecule has 1 saturated heterocycles. The van der Waals surface area contributed by atoms with E-state index in [-0.39, 0.29) is 5.41 Å². The Hall–Kier alpha value is -1.53. The zero-order valence-corrected chi connectivity index (χ0v) is 9.03.